The van der Waals surface area contributed by atoms with Crippen molar-refractivity contribution in [1.29, 1.82) is 0 Å². The van der Waals surface area contributed by atoms with Crippen molar-refractivity contribution in [3.63, 3.8) is 0 Å². The molecule has 0 aliphatic rings. The number of aromatic nitrogens is 2. The summed E-state index contributed by atoms with van der Waals surface area (Å²) in [7, 11) is 0. The van der Waals surface area contributed by atoms with Crippen LogP contribution in [0.25, 0.3) is 33.5 Å². The van der Waals surface area contributed by atoms with E-state index in [0.29, 0.717) is 0 Å². The van der Waals surface area contributed by atoms with Gasteiger partial charge in [-0.2, -0.15) is 24.3 Å². The molecule has 0 saturated heterocycles. The Balaban J connectivity index is 0.000000193. The minimum absolute atomic E-state index is 0. The summed E-state index contributed by atoms with van der Waals surface area (Å²) in [5.41, 5.74) is 7.54. The number of aryl methyl sites for hydroxylation is 1. The van der Waals surface area contributed by atoms with Gasteiger partial charge in [0.2, 0.25) is 0 Å². The van der Waals surface area contributed by atoms with Gasteiger partial charge in [0.05, 0.1) is 0 Å². The van der Waals surface area contributed by atoms with Crippen LogP contribution < -0.4 is 0 Å². The van der Waals surface area contributed by atoms with Gasteiger partial charge >= 0.3 is 20.1 Å². The smallest absolute Gasteiger partial charge is 0.370 e. The zero-order valence-electron chi connectivity index (χ0n) is 17.6. The quantitative estimate of drug-likeness (QED) is 0.215. The predicted octanol–water partition coefficient (Wildman–Crippen LogP) is 6.87. The van der Waals surface area contributed by atoms with E-state index in [1.165, 1.54) is 11.1 Å². The van der Waals surface area contributed by atoms with Gasteiger partial charge in [-0.25, -0.2) is 11.1 Å². The summed E-state index contributed by atoms with van der Waals surface area (Å²) in [6.07, 6.45) is 6.62. The van der Waals surface area contributed by atoms with Crippen molar-refractivity contribution in [1.82, 2.24) is 9.97 Å². The van der Waals surface area contributed by atoms with Crippen molar-refractivity contribution < 1.29 is 20.1 Å². The molecule has 0 radical (unpaired) electrons. The minimum atomic E-state index is 0. The molecule has 0 N–H and O–H groups in total. The first kappa shape index (κ1) is 23.3. The van der Waals surface area contributed by atoms with Gasteiger partial charge in [0.25, 0.3) is 0 Å². The van der Waals surface area contributed by atoms with Crippen molar-refractivity contribution >= 4 is 0 Å². The topological polar surface area (TPSA) is 25.8 Å². The summed E-state index contributed by atoms with van der Waals surface area (Å²) in [4.78, 5) is 8.34. The molecule has 0 atom stereocenters. The third-order valence-electron chi connectivity index (χ3n) is 4.67. The molecule has 3 aromatic carbocycles. The Morgan fingerprint density at radius 1 is 0.656 bits per heavy atom. The van der Waals surface area contributed by atoms with Gasteiger partial charge in [-0.05, 0) is 17.3 Å². The maximum absolute atomic E-state index is 4.22. The summed E-state index contributed by atoms with van der Waals surface area (Å²) < 4.78 is 0. The molecule has 156 valence electrons. The summed E-state index contributed by atoms with van der Waals surface area (Å²) in [6, 6.07) is 38.6. The van der Waals surface area contributed by atoms with E-state index in [1.54, 1.807) is 6.20 Å². The average molecular weight is 590 g/mol. The SMILES string of the molecule is Cc1cn[c-]c(-c2[c-]ccc(-c3ccccc3)c2)c1.[Ir+3].[c-]1ccccc1-c1ccccn1. The van der Waals surface area contributed by atoms with E-state index >= 15 is 0 Å². The molecule has 0 unspecified atom stereocenters. The first-order valence-corrected chi connectivity index (χ1v) is 10.1. The Hall–Kier alpha value is -3.39. The Bertz CT molecular complexity index is 1190. The molecule has 0 aliphatic heterocycles. The van der Waals surface area contributed by atoms with Crippen LogP contribution in [0, 0.1) is 25.3 Å². The zero-order chi connectivity index (χ0) is 21.3. The monoisotopic (exact) mass is 590 g/mol. The molecule has 0 bridgehead atoms. The zero-order valence-corrected chi connectivity index (χ0v) is 20.0. The van der Waals surface area contributed by atoms with Crippen molar-refractivity contribution in [2.24, 2.45) is 0 Å². The summed E-state index contributed by atoms with van der Waals surface area (Å²) >= 11 is 0. The van der Waals surface area contributed by atoms with Crippen LogP contribution in [0.3, 0.4) is 0 Å². The van der Waals surface area contributed by atoms with Crippen molar-refractivity contribution in [3.8, 4) is 33.5 Å². The molecular formula is C29H21IrN2. The van der Waals surface area contributed by atoms with Gasteiger partial charge < -0.3 is 9.97 Å². The molecule has 3 heteroatoms. The van der Waals surface area contributed by atoms with E-state index in [9.17, 15) is 0 Å². The maximum atomic E-state index is 4.22. The van der Waals surface area contributed by atoms with E-state index in [2.05, 4.69) is 58.6 Å². The molecule has 0 saturated carbocycles. The molecule has 5 aromatic rings. The molecule has 0 amide bonds. The van der Waals surface area contributed by atoms with E-state index in [0.717, 1.165) is 27.9 Å². The number of rotatable bonds is 3. The fourth-order valence-electron chi connectivity index (χ4n) is 3.15. The summed E-state index contributed by atoms with van der Waals surface area (Å²) in [5.74, 6) is 0. The van der Waals surface area contributed by atoms with Gasteiger partial charge in [-0.3, -0.25) is 0 Å². The predicted molar refractivity (Wildman–Crippen MR) is 126 cm³/mol. The fourth-order valence-corrected chi connectivity index (χ4v) is 3.15. The van der Waals surface area contributed by atoms with Crippen LogP contribution in [-0.2, 0) is 20.1 Å². The molecule has 0 spiro atoms. The van der Waals surface area contributed by atoms with Gasteiger partial charge in [0.1, 0.15) is 0 Å². The molecule has 2 aromatic heterocycles. The Morgan fingerprint density at radius 3 is 2.16 bits per heavy atom. The second-order valence-electron chi connectivity index (χ2n) is 7.02. The fraction of sp³-hybridized carbons (Fsp3) is 0.0345. The van der Waals surface area contributed by atoms with Gasteiger partial charge in [0.15, 0.2) is 0 Å². The van der Waals surface area contributed by atoms with E-state index in [-0.39, 0.29) is 20.1 Å². The largest absolute Gasteiger partial charge is 3.00 e. The minimum Gasteiger partial charge on any atom is -0.370 e. The van der Waals surface area contributed by atoms with Crippen molar-refractivity contribution in [3.05, 3.63) is 133 Å². The van der Waals surface area contributed by atoms with Gasteiger partial charge in [0, 0.05) is 6.20 Å². The van der Waals surface area contributed by atoms with E-state index in [4.69, 9.17) is 0 Å². The number of hydrogen-bond donors (Lipinski definition) is 0. The van der Waals surface area contributed by atoms with Gasteiger partial charge in [-0.15, -0.1) is 53.1 Å². The van der Waals surface area contributed by atoms with E-state index in [1.807, 2.05) is 79.9 Å². The van der Waals surface area contributed by atoms with Crippen LogP contribution in [0.1, 0.15) is 5.56 Å². The number of benzene rings is 3. The van der Waals surface area contributed by atoms with Gasteiger partial charge in [-0.1, -0.05) is 61.8 Å². The number of hydrogen-bond acceptors (Lipinski definition) is 2. The third-order valence-corrected chi connectivity index (χ3v) is 4.67. The molecule has 5 rings (SSSR count). The molecule has 32 heavy (non-hydrogen) atoms. The van der Waals surface area contributed by atoms with Crippen molar-refractivity contribution in [2.45, 2.75) is 6.92 Å². The number of pyridine rings is 2. The van der Waals surface area contributed by atoms with Crippen LogP contribution in [0.15, 0.2) is 109 Å². The Labute approximate surface area is 203 Å². The average Bonchev–Trinajstić information content (AvgIpc) is 2.86. The second-order valence-corrected chi connectivity index (χ2v) is 7.02. The van der Waals surface area contributed by atoms with Crippen LogP contribution in [0.2, 0.25) is 0 Å². The molecule has 2 heterocycles. The van der Waals surface area contributed by atoms with Crippen LogP contribution in [-0.4, -0.2) is 9.97 Å². The standard InChI is InChI=1S/C18H13N.C11H8N.Ir/c1-14-10-18(13-19-12-14)17-9-5-8-16(11-17)15-6-3-2-4-7-15;1-2-6-10(7-3-1)11-8-4-5-9-12-11;/h2-8,10-12H,1H3;1-6,8-9H;/q-2;-1;+3. The third kappa shape index (κ3) is 6.31. The second kappa shape index (κ2) is 11.9. The maximum Gasteiger partial charge on any atom is 3.00 e. The van der Waals surface area contributed by atoms with Crippen molar-refractivity contribution in [2.75, 3.05) is 0 Å². The Morgan fingerprint density at radius 2 is 1.44 bits per heavy atom. The first-order chi connectivity index (χ1) is 15.3. The van der Waals surface area contributed by atoms with Crippen LogP contribution in [0.4, 0.5) is 0 Å². The summed E-state index contributed by atoms with van der Waals surface area (Å²) in [5, 5.41) is 0. The molecular weight excluding hydrogens is 569 g/mol. The van der Waals surface area contributed by atoms with Crippen LogP contribution >= 0.6 is 0 Å². The molecule has 2 nitrogen and oxygen atoms in total. The molecule has 0 aliphatic carbocycles. The van der Waals surface area contributed by atoms with E-state index < -0.39 is 0 Å². The molecule has 0 fully saturated rings. The Kier molecular flexibility index (Phi) is 8.62. The van der Waals surface area contributed by atoms with Crippen LogP contribution in [0.5, 0.6) is 0 Å². The number of nitrogens with zero attached hydrogens (tertiary/aromatic N) is 2. The first-order valence-electron chi connectivity index (χ1n) is 10.1. The normalized spacial score (nSPS) is 9.78. The summed E-state index contributed by atoms with van der Waals surface area (Å²) in [6.45, 7) is 2.03.